The van der Waals surface area contributed by atoms with E-state index in [9.17, 15) is 46.6 Å². The predicted octanol–water partition coefficient (Wildman–Crippen LogP) is 21.3. The van der Waals surface area contributed by atoms with Gasteiger partial charge in [-0.25, -0.2) is 77.4 Å². The lowest BCUT2D eigenvalue weighted by Crippen LogP contribution is -2.15. The van der Waals surface area contributed by atoms with Crippen molar-refractivity contribution in [2.45, 2.75) is 86.9 Å². The van der Waals surface area contributed by atoms with E-state index in [0.717, 1.165) is 105 Å². The number of imidazole rings is 1. The van der Waals surface area contributed by atoms with Gasteiger partial charge in [0, 0.05) is 169 Å². The number of alkyl halides is 3. The smallest absolute Gasteiger partial charge is 0.416 e. The van der Waals surface area contributed by atoms with Crippen LogP contribution < -0.4 is 26.6 Å². The van der Waals surface area contributed by atoms with Crippen LogP contribution in [0, 0.1) is 52.3 Å². The van der Waals surface area contributed by atoms with E-state index in [-0.39, 0.29) is 52.1 Å². The first-order valence-electron chi connectivity index (χ1n) is 45.0. The Labute approximate surface area is 867 Å². The first-order valence-corrected chi connectivity index (χ1v) is 47.2. The standard InChI is InChI=1S/C21H17Cl2N7O.C20H15ClF3N7O.C20H17ClN6O2.C20H19ClN4O2.C19H15ClFN7O/c1-11-8-24-18(27-21(31)12-2-3-12)7-17(11)30-9-15(20-25-10-26-28-20)19(29-30)14-5-4-13(22)6-16(14)23;1-10-7-25-17(28-11(2)32)6-16(10)31-8-14(19-26-9-27-29-19)18(30-31)13-4-3-12(5-15(13)21)20(22,23)24;1-12-10-24-17(25-20(28)29-2)9-16(12)27-11-14(19-22-7-8-23-19)18(26-27)13-5-3-4-6-15(13)21;1-12-9-22-18(23-20(27)13-6-7-13)8-17(12)25-10-14(11-26)19(24-25)15-4-2-3-5-16(15)21;1-10-7-22-17(25-11(2)29)6-16(10)28-8-14(19-23-9-24-26-19)18(27-28)13-4-3-12(21)5-15(13)20/h4-10,12H,2-3H2,1H3,(H,24,27,31)(H,25,26,28);3-9H,1-2H3,(H,25,28,32)(H,26,27,29);3-11H,1-2H3,(H,22,23)(H,24,25,28);2-5,8-10,13,26H,6-7,11H2,1H3,(H,22,23,27);3-9H,1-2H3,(H,22,25,29)(H,23,24,26). The van der Waals surface area contributed by atoms with Crippen LogP contribution in [0.25, 0.3) is 130 Å². The number of aliphatic hydroxyl groups excluding tert-OH is 1. The van der Waals surface area contributed by atoms with Crippen molar-refractivity contribution in [1.29, 1.82) is 0 Å². The molecule has 14 aromatic heterocycles. The van der Waals surface area contributed by atoms with Crippen molar-refractivity contribution in [3.8, 4) is 130 Å². The monoisotopic (exact) mass is 2120 g/mol. The summed E-state index contributed by atoms with van der Waals surface area (Å²) in [6.07, 6.45) is 23.3. The molecule has 148 heavy (non-hydrogen) atoms. The van der Waals surface area contributed by atoms with E-state index in [1.165, 1.54) is 62.8 Å². The summed E-state index contributed by atoms with van der Waals surface area (Å²) in [5.41, 5.74) is 16.1. The van der Waals surface area contributed by atoms with Gasteiger partial charge >= 0.3 is 12.3 Å². The zero-order chi connectivity index (χ0) is 104. The van der Waals surface area contributed by atoms with E-state index in [2.05, 4.69) is 127 Å². The van der Waals surface area contributed by atoms with E-state index in [1.54, 1.807) is 142 Å². The number of nitrogens with zero attached hydrogens (tertiary/aromatic N) is 22. The first-order chi connectivity index (χ1) is 71.2. The molecule has 0 aliphatic heterocycles. The highest BCUT2D eigenvalue weighted by atomic mass is 35.5. The SMILES string of the molecule is CC(=O)Nc1cc(-n2cc(-c3ncn[nH]3)c(-c3ccc(C(F)(F)F)cc3Cl)n2)c(C)cn1.CC(=O)Nc1cc(-n2cc(-c3ncn[nH]3)c(-c3ccc(F)cc3Cl)n2)c(C)cn1.COC(=O)Nc1cc(-n2cc(-c3ncc[nH]3)c(-c3ccccc3Cl)n2)c(C)cn1.Cc1cnc(NC(=O)C2CC2)cc1-n1cc(-c2ncn[nH]2)c(-c2ccc(Cl)cc2Cl)n1.Cc1cnc(NC(=O)C2CC2)cc1-n1cc(CO)c(-c2ccccc2Cl)n1. The highest BCUT2D eigenvalue weighted by Crippen LogP contribution is 2.44. The van der Waals surface area contributed by atoms with Crippen LogP contribution in [0.5, 0.6) is 0 Å². The Morgan fingerprint density at radius 3 is 1.08 bits per heavy atom. The number of ether oxygens (including phenoxy) is 1. The number of methoxy groups -OCH3 is 1. The quantitative estimate of drug-likeness (QED) is 0.0282. The van der Waals surface area contributed by atoms with Gasteiger partial charge in [0.05, 0.1) is 101 Å². The number of carbonyl (C=O) groups excluding carboxylic acids is 5. The molecule has 2 fully saturated rings. The molecule has 0 atom stereocenters. The molecule has 5 amide bonds. The van der Waals surface area contributed by atoms with Gasteiger partial charge in [0.1, 0.15) is 82.5 Å². The minimum Gasteiger partial charge on any atom is -0.453 e. The number of rotatable bonds is 22. The van der Waals surface area contributed by atoms with Crippen LogP contribution in [0.4, 0.5) is 51.4 Å². The van der Waals surface area contributed by atoms with E-state index >= 15 is 0 Å². The van der Waals surface area contributed by atoms with E-state index in [0.29, 0.717) is 146 Å². The number of H-pyrrole nitrogens is 4. The van der Waals surface area contributed by atoms with Crippen molar-refractivity contribution in [2.24, 2.45) is 11.8 Å². The molecule has 48 heteroatoms. The second-order valence-corrected chi connectivity index (χ2v) is 36.0. The Balaban J connectivity index is 0.000000126. The Morgan fingerprint density at radius 2 is 0.743 bits per heavy atom. The lowest BCUT2D eigenvalue weighted by molar-refractivity contribution is -0.137. The van der Waals surface area contributed by atoms with Crippen molar-refractivity contribution in [3.05, 3.63) is 302 Å². The number of carbonyl (C=O) groups is 5. The number of aromatic nitrogens is 26. The molecule has 0 spiro atoms. The fraction of sp³-hybridized carbons (Fsp3) is 0.160. The third-order valence-electron chi connectivity index (χ3n) is 22.8. The number of hydrogen-bond acceptors (Lipinski definition) is 24. The Kier molecular flexibility index (Phi) is 31.0. The van der Waals surface area contributed by atoms with Crippen molar-refractivity contribution >= 4 is 128 Å². The molecule has 0 unspecified atom stereocenters. The molecule has 10 N–H and O–H groups in total. The molecule has 0 radical (unpaired) electrons. The van der Waals surface area contributed by atoms with E-state index < -0.39 is 23.7 Å². The van der Waals surface area contributed by atoms with Gasteiger partial charge in [-0.05, 0) is 149 Å². The number of anilines is 5. The summed E-state index contributed by atoms with van der Waals surface area (Å²) in [5.74, 6) is 3.38. The highest BCUT2D eigenvalue weighted by molar-refractivity contribution is 6.37. The molecule has 2 aliphatic carbocycles. The molecule has 14 heterocycles. The van der Waals surface area contributed by atoms with Crippen LogP contribution in [-0.2, 0) is 36.7 Å². The summed E-state index contributed by atoms with van der Waals surface area (Å²) in [5, 5.41) is 69.1. The minimum atomic E-state index is -4.52. The van der Waals surface area contributed by atoms with Crippen molar-refractivity contribution in [3.63, 3.8) is 0 Å². The van der Waals surface area contributed by atoms with Crippen molar-refractivity contribution in [1.82, 2.24) is 129 Å². The molecule has 38 nitrogen and oxygen atoms in total. The maximum atomic E-state index is 13.5. The number of halogens is 10. The average molecular weight is 2120 g/mol. The number of aliphatic hydroxyl groups is 1. The number of nitrogens with one attached hydrogen (secondary N) is 9. The van der Waals surface area contributed by atoms with Crippen LogP contribution in [0.15, 0.2) is 227 Å². The summed E-state index contributed by atoms with van der Waals surface area (Å²) >= 11 is 37.8. The second kappa shape index (κ2) is 44.8. The molecule has 2 saturated carbocycles. The minimum absolute atomic E-state index is 0.00116. The van der Waals surface area contributed by atoms with Crippen molar-refractivity contribution in [2.75, 3.05) is 33.7 Å². The summed E-state index contributed by atoms with van der Waals surface area (Å²) in [7, 11) is 1.30. The normalized spacial score (nSPS) is 12.0. The van der Waals surface area contributed by atoms with Gasteiger partial charge < -0.3 is 36.1 Å². The first kappa shape index (κ1) is 103. The molecule has 2 aliphatic rings. The lowest BCUT2D eigenvalue weighted by Gasteiger charge is -2.10. The summed E-state index contributed by atoms with van der Waals surface area (Å²) in [6, 6.07) is 36.0. The number of pyridine rings is 5. The fourth-order valence-electron chi connectivity index (χ4n) is 15.1. The van der Waals surface area contributed by atoms with Crippen LogP contribution in [0.3, 0.4) is 0 Å². The lowest BCUT2D eigenvalue weighted by atomic mass is 10.1. The number of aromatic amines is 4. The van der Waals surface area contributed by atoms with Gasteiger partial charge in [0.2, 0.25) is 23.6 Å². The van der Waals surface area contributed by atoms with Gasteiger partial charge in [0.15, 0.2) is 17.5 Å². The zero-order valence-electron chi connectivity index (χ0n) is 79.1. The van der Waals surface area contributed by atoms with E-state index in [1.807, 2.05) is 88.6 Å². The summed E-state index contributed by atoms with van der Waals surface area (Å²) in [4.78, 5) is 99.7. The van der Waals surface area contributed by atoms with Gasteiger partial charge in [-0.1, -0.05) is 112 Å². The third kappa shape index (κ3) is 24.0. The molecule has 19 aromatic rings. The Bertz CT molecular complexity index is 8150. The summed E-state index contributed by atoms with van der Waals surface area (Å²) in [6.45, 7) is 12.1. The number of hydrogen-bond donors (Lipinski definition) is 10. The predicted molar refractivity (Wildman–Crippen MR) is 550 cm³/mol. The molecule has 0 saturated heterocycles. The van der Waals surface area contributed by atoms with Crippen LogP contribution >= 0.6 is 69.6 Å². The van der Waals surface area contributed by atoms with Crippen LogP contribution in [0.1, 0.15) is 78.5 Å². The average Bonchev–Trinajstić information content (AvgIpc) is 1.63. The molecule has 5 aromatic carbocycles. The van der Waals surface area contributed by atoms with Gasteiger partial charge in [-0.15, -0.1) is 0 Å². The number of aryl methyl sites for hydroxylation is 5. The fourth-order valence-corrected chi connectivity index (χ4v) is 16.6. The molecular weight excluding hydrogens is 2040 g/mol. The third-order valence-corrected chi connectivity index (χ3v) is 24.6. The second-order valence-electron chi connectivity index (χ2n) is 33.6. The maximum Gasteiger partial charge on any atom is 0.416 e. The molecule has 750 valence electrons. The highest BCUT2D eigenvalue weighted by Gasteiger charge is 2.35. The topological polar surface area (TPSA) is 482 Å². The summed E-state index contributed by atoms with van der Waals surface area (Å²) < 4.78 is 65.6. The number of amides is 5. The van der Waals surface area contributed by atoms with Crippen LogP contribution in [0.2, 0.25) is 30.1 Å². The largest absolute Gasteiger partial charge is 0.453 e. The molecule has 21 rings (SSSR count). The van der Waals surface area contributed by atoms with Gasteiger partial charge in [0.25, 0.3) is 0 Å². The molecular formula is C100H83Cl6F4N31O7. The van der Waals surface area contributed by atoms with Crippen LogP contribution in [-0.4, -0.2) is 171 Å². The van der Waals surface area contributed by atoms with Crippen molar-refractivity contribution < 1.29 is 51.4 Å². The molecule has 0 bridgehead atoms. The zero-order valence-corrected chi connectivity index (χ0v) is 83.6. The van der Waals surface area contributed by atoms with Gasteiger partial charge in [-0.3, -0.25) is 39.8 Å². The number of benzene rings is 5. The Hall–Kier alpha value is -16.9. The Morgan fingerprint density at radius 1 is 0.399 bits per heavy atom. The maximum absolute atomic E-state index is 13.5. The van der Waals surface area contributed by atoms with Gasteiger partial charge in [-0.2, -0.15) is 54.0 Å². The van der Waals surface area contributed by atoms with E-state index in [4.69, 9.17) is 79.8 Å².